The van der Waals surface area contributed by atoms with Crippen molar-refractivity contribution in [3.05, 3.63) is 29.3 Å². The molecule has 0 saturated carbocycles. The molecule has 0 bridgehead atoms. The Morgan fingerprint density at radius 3 is 2.81 bits per heavy atom. The summed E-state index contributed by atoms with van der Waals surface area (Å²) >= 11 is 0. The molecule has 0 aliphatic carbocycles. The molecule has 4 heteroatoms. The minimum Gasteiger partial charge on any atom is -0.391 e. The number of carbonyl (C=O) groups is 1. The first kappa shape index (κ1) is 10.7. The van der Waals surface area contributed by atoms with Crippen molar-refractivity contribution in [1.82, 2.24) is 0 Å². The summed E-state index contributed by atoms with van der Waals surface area (Å²) in [5.74, 6) is -0.0726. The first-order valence-corrected chi connectivity index (χ1v) is 5.11. The van der Waals surface area contributed by atoms with Crippen LogP contribution >= 0.6 is 0 Å². The third kappa shape index (κ3) is 1.77. The van der Waals surface area contributed by atoms with Gasteiger partial charge >= 0.3 is 0 Å². The molecule has 1 aliphatic heterocycles. The molecule has 1 fully saturated rings. The topological polar surface area (TPSA) is 64.3 Å². The van der Waals surface area contributed by atoms with E-state index in [2.05, 4.69) is 6.07 Å². The summed E-state index contributed by atoms with van der Waals surface area (Å²) in [5, 5.41) is 18.2. The summed E-state index contributed by atoms with van der Waals surface area (Å²) in [6.45, 7) is 2.17. The number of β-amino-alcohol motifs (C(OH)–C–C–N with tert-alkyl or cyclic N) is 1. The maximum Gasteiger partial charge on any atom is 0.229 e. The van der Waals surface area contributed by atoms with Crippen LogP contribution < -0.4 is 4.90 Å². The zero-order valence-electron chi connectivity index (χ0n) is 8.97. The van der Waals surface area contributed by atoms with Crippen molar-refractivity contribution in [1.29, 1.82) is 5.26 Å². The molecule has 1 saturated heterocycles. The zero-order chi connectivity index (χ0) is 11.7. The molecule has 2 rings (SSSR count). The van der Waals surface area contributed by atoms with Gasteiger partial charge in [-0.05, 0) is 30.7 Å². The first-order chi connectivity index (χ1) is 7.61. The van der Waals surface area contributed by atoms with Gasteiger partial charge in [-0.15, -0.1) is 0 Å². The smallest absolute Gasteiger partial charge is 0.229 e. The van der Waals surface area contributed by atoms with Crippen molar-refractivity contribution in [2.45, 2.75) is 19.4 Å². The number of anilines is 1. The van der Waals surface area contributed by atoms with Crippen LogP contribution in [0.3, 0.4) is 0 Å². The van der Waals surface area contributed by atoms with Gasteiger partial charge in [0.1, 0.15) is 0 Å². The summed E-state index contributed by atoms with van der Waals surface area (Å²) in [5.41, 5.74) is 2.20. The lowest BCUT2D eigenvalue weighted by Crippen LogP contribution is -2.25. The van der Waals surface area contributed by atoms with Crippen LogP contribution in [-0.4, -0.2) is 23.7 Å². The molecule has 1 amide bonds. The molecule has 1 aliphatic rings. The summed E-state index contributed by atoms with van der Waals surface area (Å²) in [4.78, 5) is 13.1. The van der Waals surface area contributed by atoms with Crippen LogP contribution in [0.5, 0.6) is 0 Å². The van der Waals surface area contributed by atoms with Gasteiger partial charge in [0.15, 0.2) is 0 Å². The largest absolute Gasteiger partial charge is 0.391 e. The van der Waals surface area contributed by atoms with E-state index in [0.29, 0.717) is 12.1 Å². The lowest BCUT2D eigenvalue weighted by Gasteiger charge is -2.16. The molecule has 1 aromatic rings. The van der Waals surface area contributed by atoms with Gasteiger partial charge in [0, 0.05) is 5.69 Å². The summed E-state index contributed by atoms with van der Waals surface area (Å²) in [6.07, 6.45) is -0.401. The van der Waals surface area contributed by atoms with E-state index in [-0.39, 0.29) is 12.3 Å². The number of amides is 1. The Bertz CT molecular complexity index is 476. The Hall–Kier alpha value is -1.86. The second-order valence-corrected chi connectivity index (χ2v) is 3.97. The van der Waals surface area contributed by atoms with E-state index in [0.717, 1.165) is 11.3 Å². The van der Waals surface area contributed by atoms with Crippen LogP contribution in [0.25, 0.3) is 0 Å². The molecule has 1 N–H and O–H groups in total. The molecule has 1 unspecified atom stereocenters. The van der Waals surface area contributed by atoms with Gasteiger partial charge in [0.2, 0.25) is 5.91 Å². The Morgan fingerprint density at radius 1 is 1.56 bits per heavy atom. The second-order valence-electron chi connectivity index (χ2n) is 3.97. The molecule has 1 atom stereocenters. The van der Waals surface area contributed by atoms with Crippen molar-refractivity contribution in [2.24, 2.45) is 0 Å². The maximum atomic E-state index is 11.6. The fraction of sp³-hybridized carbons (Fsp3) is 0.333. The van der Waals surface area contributed by atoms with E-state index in [9.17, 15) is 9.90 Å². The number of benzene rings is 1. The SMILES string of the molecule is Cc1cc(N2CC(O)CC2=O)ccc1C#N. The van der Waals surface area contributed by atoms with Crippen LogP contribution in [0.2, 0.25) is 0 Å². The van der Waals surface area contributed by atoms with E-state index in [1.54, 1.807) is 23.1 Å². The molecule has 1 heterocycles. The number of aliphatic hydroxyl groups is 1. The molecule has 0 aromatic heterocycles. The molecular weight excluding hydrogens is 204 g/mol. The van der Waals surface area contributed by atoms with Gasteiger partial charge < -0.3 is 10.0 Å². The summed E-state index contributed by atoms with van der Waals surface area (Å²) < 4.78 is 0. The molecule has 1 aromatic carbocycles. The summed E-state index contributed by atoms with van der Waals surface area (Å²) in [7, 11) is 0. The number of hydrogen-bond acceptors (Lipinski definition) is 3. The fourth-order valence-corrected chi connectivity index (χ4v) is 1.88. The average Bonchev–Trinajstić information content (AvgIpc) is 2.58. The second kappa shape index (κ2) is 3.95. The van der Waals surface area contributed by atoms with Gasteiger partial charge in [-0.25, -0.2) is 0 Å². The Balaban J connectivity index is 2.32. The molecule has 0 radical (unpaired) electrons. The van der Waals surface area contributed by atoms with E-state index in [1.807, 2.05) is 6.92 Å². The molecular formula is C12H12N2O2. The van der Waals surface area contributed by atoms with Crippen LogP contribution in [0.1, 0.15) is 17.5 Å². The number of hydrogen-bond donors (Lipinski definition) is 1. The van der Waals surface area contributed by atoms with Gasteiger partial charge in [-0.3, -0.25) is 4.79 Å². The number of nitrogens with zero attached hydrogens (tertiary/aromatic N) is 2. The summed E-state index contributed by atoms with van der Waals surface area (Å²) in [6, 6.07) is 7.31. The number of nitriles is 1. The van der Waals surface area contributed by atoms with E-state index in [4.69, 9.17) is 5.26 Å². The lowest BCUT2D eigenvalue weighted by molar-refractivity contribution is -0.117. The number of aryl methyl sites for hydroxylation is 1. The maximum absolute atomic E-state index is 11.6. The first-order valence-electron chi connectivity index (χ1n) is 5.11. The number of aliphatic hydroxyl groups excluding tert-OH is 1. The van der Waals surface area contributed by atoms with Crippen molar-refractivity contribution < 1.29 is 9.90 Å². The van der Waals surface area contributed by atoms with Crippen LogP contribution in [0.15, 0.2) is 18.2 Å². The fourth-order valence-electron chi connectivity index (χ4n) is 1.88. The van der Waals surface area contributed by atoms with Crippen LogP contribution in [0, 0.1) is 18.3 Å². The quantitative estimate of drug-likeness (QED) is 0.760. The Kier molecular flexibility index (Phi) is 2.63. The zero-order valence-corrected chi connectivity index (χ0v) is 8.97. The van der Waals surface area contributed by atoms with E-state index >= 15 is 0 Å². The average molecular weight is 216 g/mol. The molecule has 16 heavy (non-hydrogen) atoms. The molecule has 4 nitrogen and oxygen atoms in total. The van der Waals surface area contributed by atoms with Crippen molar-refractivity contribution >= 4 is 11.6 Å². The highest BCUT2D eigenvalue weighted by atomic mass is 16.3. The van der Waals surface area contributed by atoms with Crippen LogP contribution in [-0.2, 0) is 4.79 Å². The minimum absolute atomic E-state index is 0.0726. The van der Waals surface area contributed by atoms with Crippen molar-refractivity contribution in [3.63, 3.8) is 0 Å². The Labute approximate surface area is 93.7 Å². The standard InChI is InChI=1S/C12H12N2O2/c1-8-4-10(3-2-9(8)6-13)14-7-11(15)5-12(14)16/h2-4,11,15H,5,7H2,1H3. The highest BCUT2D eigenvalue weighted by Gasteiger charge is 2.29. The lowest BCUT2D eigenvalue weighted by atomic mass is 10.1. The number of carbonyl (C=O) groups excluding carboxylic acids is 1. The third-order valence-corrected chi connectivity index (χ3v) is 2.75. The van der Waals surface area contributed by atoms with Crippen molar-refractivity contribution in [3.8, 4) is 6.07 Å². The van der Waals surface area contributed by atoms with Gasteiger partial charge in [-0.2, -0.15) is 5.26 Å². The van der Waals surface area contributed by atoms with E-state index < -0.39 is 6.10 Å². The normalized spacial score (nSPS) is 19.9. The van der Waals surface area contributed by atoms with E-state index in [1.165, 1.54) is 0 Å². The minimum atomic E-state index is -0.580. The van der Waals surface area contributed by atoms with Gasteiger partial charge in [0.25, 0.3) is 0 Å². The van der Waals surface area contributed by atoms with Crippen molar-refractivity contribution in [2.75, 3.05) is 11.4 Å². The third-order valence-electron chi connectivity index (χ3n) is 2.75. The monoisotopic (exact) mass is 216 g/mol. The number of rotatable bonds is 1. The highest BCUT2D eigenvalue weighted by molar-refractivity contribution is 5.96. The molecule has 82 valence electrons. The molecule has 0 spiro atoms. The highest BCUT2D eigenvalue weighted by Crippen LogP contribution is 2.23. The predicted octanol–water partition coefficient (Wildman–Crippen LogP) is 0.964. The van der Waals surface area contributed by atoms with Crippen LogP contribution in [0.4, 0.5) is 5.69 Å². The predicted molar refractivity (Wildman–Crippen MR) is 58.9 cm³/mol. The Morgan fingerprint density at radius 2 is 2.31 bits per heavy atom. The van der Waals surface area contributed by atoms with Gasteiger partial charge in [-0.1, -0.05) is 0 Å². The van der Waals surface area contributed by atoms with Gasteiger partial charge in [0.05, 0.1) is 30.7 Å².